The van der Waals surface area contributed by atoms with Gasteiger partial charge < -0.3 is 19.3 Å². The maximum atomic E-state index is 12.4. The van der Waals surface area contributed by atoms with Crippen LogP contribution in [0.25, 0.3) is 0 Å². The number of carbonyl (C=O) groups is 3. The second-order valence-electron chi connectivity index (χ2n) is 5.89. The Kier molecular flexibility index (Phi) is 9.74. The first kappa shape index (κ1) is 22.3. The number of ether oxygens (including phenoxy) is 3. The van der Waals surface area contributed by atoms with E-state index in [1.54, 1.807) is 25.2 Å². The Hall–Kier alpha value is -2.74. The lowest BCUT2D eigenvalue weighted by atomic mass is 9.83. The molecule has 0 saturated heterocycles. The summed E-state index contributed by atoms with van der Waals surface area (Å²) in [4.78, 5) is 39.1. The van der Waals surface area contributed by atoms with Gasteiger partial charge in [-0.25, -0.2) is 4.79 Å². The van der Waals surface area contributed by atoms with E-state index < -0.39 is 35.8 Å². The summed E-state index contributed by atoms with van der Waals surface area (Å²) in [6.45, 7) is 8.33. The molecule has 1 rings (SSSR count). The Balaban J connectivity index is 2.69. The second-order valence-corrected chi connectivity index (χ2v) is 5.89. The lowest BCUT2D eigenvalue weighted by molar-refractivity contribution is -0.169. The maximum absolute atomic E-state index is 12.4. The van der Waals surface area contributed by atoms with Crippen molar-refractivity contribution in [3.63, 3.8) is 0 Å². The average molecular weight is 379 g/mol. The number of carboxylic acids is 1. The van der Waals surface area contributed by atoms with Crippen LogP contribution in [0.5, 0.6) is 0 Å². The van der Waals surface area contributed by atoms with E-state index in [1.165, 1.54) is 0 Å². The summed E-state index contributed by atoms with van der Waals surface area (Å²) in [7, 11) is 0. The van der Waals surface area contributed by atoms with Gasteiger partial charge in [-0.2, -0.15) is 0 Å². The van der Waals surface area contributed by atoms with Crippen molar-refractivity contribution in [1.29, 1.82) is 0 Å². The minimum atomic E-state index is -1.05. The van der Waals surface area contributed by atoms with E-state index in [-0.39, 0.29) is 32.8 Å². The fourth-order valence-electron chi connectivity index (χ4n) is 2.35. The molecular formula is C19H25NO7. The van der Waals surface area contributed by atoms with Crippen molar-refractivity contribution in [3.8, 4) is 0 Å². The summed E-state index contributed by atoms with van der Waals surface area (Å²) < 4.78 is 15.6. The molecule has 8 heteroatoms. The van der Waals surface area contributed by atoms with Crippen LogP contribution in [0.1, 0.15) is 19.8 Å². The molecule has 148 valence electrons. The van der Waals surface area contributed by atoms with Crippen molar-refractivity contribution in [2.24, 2.45) is 16.8 Å². The van der Waals surface area contributed by atoms with E-state index in [4.69, 9.17) is 14.2 Å². The summed E-state index contributed by atoms with van der Waals surface area (Å²) in [5.74, 6) is -4.03. The van der Waals surface area contributed by atoms with E-state index in [0.29, 0.717) is 5.71 Å². The molecular weight excluding hydrogens is 354 g/mol. The lowest BCUT2D eigenvalue weighted by Gasteiger charge is -2.26. The third-order valence-corrected chi connectivity index (χ3v) is 3.92. The van der Waals surface area contributed by atoms with Crippen molar-refractivity contribution >= 4 is 23.6 Å². The zero-order valence-corrected chi connectivity index (χ0v) is 15.3. The first-order valence-corrected chi connectivity index (χ1v) is 8.47. The molecule has 0 radical (unpaired) electrons. The number of esters is 2. The van der Waals surface area contributed by atoms with Gasteiger partial charge in [-0.1, -0.05) is 25.3 Å². The molecule has 1 aliphatic rings. The van der Waals surface area contributed by atoms with Crippen LogP contribution < -0.4 is 0 Å². The van der Waals surface area contributed by atoms with Crippen molar-refractivity contribution in [3.05, 3.63) is 37.5 Å². The van der Waals surface area contributed by atoms with Crippen molar-refractivity contribution in [2.75, 3.05) is 19.9 Å². The summed E-state index contributed by atoms with van der Waals surface area (Å²) in [5, 5.41) is 9.28. The van der Waals surface area contributed by atoms with Crippen LogP contribution in [0.15, 0.2) is 42.5 Å². The van der Waals surface area contributed by atoms with Gasteiger partial charge in [0.2, 0.25) is 0 Å². The monoisotopic (exact) mass is 379 g/mol. The van der Waals surface area contributed by atoms with Gasteiger partial charge in [0.05, 0.1) is 18.4 Å². The third kappa shape index (κ3) is 8.00. The number of carboxylic acid groups (broad SMARTS) is 1. The number of rotatable bonds is 11. The molecule has 0 amide bonds. The molecule has 0 aliphatic heterocycles. The van der Waals surface area contributed by atoms with Gasteiger partial charge in [-0.05, 0) is 25.8 Å². The summed E-state index contributed by atoms with van der Waals surface area (Å²) in [6, 6.07) is 0. The molecule has 1 aliphatic carbocycles. The largest absolute Gasteiger partial charge is 0.481 e. The summed E-state index contributed by atoms with van der Waals surface area (Å²) >= 11 is 0. The molecule has 0 saturated carbocycles. The van der Waals surface area contributed by atoms with Crippen molar-refractivity contribution < 1.29 is 33.7 Å². The van der Waals surface area contributed by atoms with Gasteiger partial charge in [0.25, 0.3) is 0 Å². The van der Waals surface area contributed by atoms with E-state index in [9.17, 15) is 19.5 Å². The third-order valence-electron chi connectivity index (χ3n) is 3.92. The highest BCUT2D eigenvalue weighted by molar-refractivity contribution is 5.92. The zero-order chi connectivity index (χ0) is 20.2. The molecule has 0 aromatic rings. The number of aliphatic carboxylic acids is 1. The van der Waals surface area contributed by atoms with Crippen LogP contribution in [-0.4, -0.2) is 54.8 Å². The van der Waals surface area contributed by atoms with Gasteiger partial charge in [0, 0.05) is 11.8 Å². The van der Waals surface area contributed by atoms with Crippen LogP contribution in [0.3, 0.4) is 0 Å². The van der Waals surface area contributed by atoms with Crippen LogP contribution in [0.2, 0.25) is 0 Å². The van der Waals surface area contributed by atoms with Crippen molar-refractivity contribution in [1.82, 2.24) is 0 Å². The highest BCUT2D eigenvalue weighted by atomic mass is 16.6. The van der Waals surface area contributed by atoms with E-state index in [1.807, 2.05) is 0 Å². The highest BCUT2D eigenvalue weighted by Crippen LogP contribution is 2.27. The molecule has 3 atom stereocenters. The molecule has 0 bridgehead atoms. The lowest BCUT2D eigenvalue weighted by Crippen LogP contribution is -2.37. The fourth-order valence-corrected chi connectivity index (χ4v) is 2.35. The smallest absolute Gasteiger partial charge is 0.330 e. The van der Waals surface area contributed by atoms with Crippen molar-refractivity contribution in [2.45, 2.75) is 25.9 Å². The summed E-state index contributed by atoms with van der Waals surface area (Å²) in [6.07, 6.45) is 5.69. The second kappa shape index (κ2) is 11.8. The van der Waals surface area contributed by atoms with Gasteiger partial charge in [-0.15, -0.1) is 0 Å². The number of nitrogens with zero attached hydrogens (tertiary/aromatic N) is 1. The number of aliphatic imine (C=N–C) groups is 1. The molecule has 3 unspecified atom stereocenters. The Morgan fingerprint density at radius 1 is 1.19 bits per heavy atom. The molecule has 0 spiro atoms. The topological polar surface area (TPSA) is 111 Å². The molecule has 0 aromatic carbocycles. The van der Waals surface area contributed by atoms with Crippen LogP contribution in [0, 0.1) is 11.8 Å². The van der Waals surface area contributed by atoms with Gasteiger partial charge in [0.1, 0.15) is 13.3 Å². The fraction of sp³-hybridized carbons (Fsp3) is 0.474. The molecule has 8 nitrogen and oxygen atoms in total. The normalized spacial score (nSPS) is 20.4. The molecule has 1 N–H and O–H groups in total. The Bertz CT molecular complexity index is 624. The summed E-state index contributed by atoms with van der Waals surface area (Å²) in [5.41, 5.74) is 0.680. The van der Waals surface area contributed by atoms with Crippen LogP contribution in [-0.2, 0) is 28.6 Å². The van der Waals surface area contributed by atoms with E-state index >= 15 is 0 Å². The molecule has 0 fully saturated rings. The van der Waals surface area contributed by atoms with Gasteiger partial charge in [-0.3, -0.25) is 14.6 Å². The Labute approximate surface area is 158 Å². The minimum Gasteiger partial charge on any atom is -0.481 e. The predicted molar refractivity (Wildman–Crippen MR) is 98.2 cm³/mol. The SMILES string of the molecule is C=CC(=O)OCC(COCN=C(C)C=C)OC(=O)C1CC=CCC1C(=O)O. The number of hydrogen-bond donors (Lipinski definition) is 1. The zero-order valence-electron chi connectivity index (χ0n) is 15.3. The maximum Gasteiger partial charge on any atom is 0.330 e. The average Bonchev–Trinajstić information content (AvgIpc) is 2.68. The van der Waals surface area contributed by atoms with E-state index in [2.05, 4.69) is 18.2 Å². The van der Waals surface area contributed by atoms with Crippen LogP contribution >= 0.6 is 0 Å². The minimum absolute atomic E-state index is 0.0191. The van der Waals surface area contributed by atoms with Gasteiger partial charge in [0.15, 0.2) is 6.10 Å². The number of hydrogen-bond acceptors (Lipinski definition) is 7. The highest BCUT2D eigenvalue weighted by Gasteiger charge is 2.36. The van der Waals surface area contributed by atoms with Gasteiger partial charge >= 0.3 is 17.9 Å². The van der Waals surface area contributed by atoms with E-state index in [0.717, 1.165) is 6.08 Å². The van der Waals surface area contributed by atoms with Crippen LogP contribution in [0.4, 0.5) is 0 Å². The molecule has 0 heterocycles. The Morgan fingerprint density at radius 3 is 2.44 bits per heavy atom. The Morgan fingerprint density at radius 2 is 1.85 bits per heavy atom. The molecule has 0 aromatic heterocycles. The standard InChI is InChI=1S/C19H25NO7/c1-4-13(3)20-12-25-10-14(11-26-17(21)5-2)27-19(24)16-9-7-6-8-15(16)18(22)23/h4-7,14-16H,1-2,8-12H2,3H3,(H,22,23). The number of allylic oxidation sites excluding steroid dienone is 3. The first-order chi connectivity index (χ1) is 12.9. The number of carbonyl (C=O) groups excluding carboxylic acids is 2. The molecule has 27 heavy (non-hydrogen) atoms. The predicted octanol–water partition coefficient (Wildman–Crippen LogP) is 1.92. The quantitative estimate of drug-likeness (QED) is 0.192. The first-order valence-electron chi connectivity index (χ1n) is 8.47.